The maximum absolute atomic E-state index is 13.7. The summed E-state index contributed by atoms with van der Waals surface area (Å²) in [5.41, 5.74) is 0.163. The lowest BCUT2D eigenvalue weighted by molar-refractivity contribution is 0.392. The molecule has 19 heavy (non-hydrogen) atoms. The van der Waals surface area contributed by atoms with Crippen molar-refractivity contribution in [1.29, 1.82) is 0 Å². The minimum Gasteiger partial charge on any atom is -0.310 e. The summed E-state index contributed by atoms with van der Waals surface area (Å²) in [5, 5.41) is 3.30. The topological polar surface area (TPSA) is 12.0 Å². The van der Waals surface area contributed by atoms with Crippen molar-refractivity contribution in [2.45, 2.75) is 51.5 Å². The van der Waals surface area contributed by atoms with Crippen molar-refractivity contribution in [2.24, 2.45) is 5.92 Å². The second kappa shape index (κ2) is 6.99. The molecule has 1 N–H and O–H groups in total. The van der Waals surface area contributed by atoms with Gasteiger partial charge in [-0.1, -0.05) is 31.7 Å². The number of nitrogens with one attached hydrogen (secondary N) is 1. The van der Waals surface area contributed by atoms with E-state index in [1.54, 1.807) is 0 Å². The molecular weight excluding hydrogens is 244 g/mol. The molecular formula is C16H23F2N. The van der Waals surface area contributed by atoms with Gasteiger partial charge in [-0.25, -0.2) is 8.78 Å². The van der Waals surface area contributed by atoms with Gasteiger partial charge in [0.15, 0.2) is 0 Å². The van der Waals surface area contributed by atoms with Gasteiger partial charge in [0, 0.05) is 11.6 Å². The van der Waals surface area contributed by atoms with Crippen LogP contribution in [-0.2, 0) is 0 Å². The molecule has 0 heterocycles. The molecule has 106 valence electrons. The molecule has 1 saturated carbocycles. The lowest BCUT2D eigenvalue weighted by Crippen LogP contribution is -2.27. The molecule has 1 atom stereocenters. The van der Waals surface area contributed by atoms with E-state index in [0.29, 0.717) is 5.92 Å². The van der Waals surface area contributed by atoms with E-state index in [1.165, 1.54) is 56.7 Å². The Morgan fingerprint density at radius 2 is 1.68 bits per heavy atom. The predicted molar refractivity (Wildman–Crippen MR) is 74.0 cm³/mol. The Morgan fingerprint density at radius 1 is 1.11 bits per heavy atom. The van der Waals surface area contributed by atoms with Crippen LogP contribution in [0.25, 0.3) is 0 Å². The van der Waals surface area contributed by atoms with Crippen LogP contribution in [0.3, 0.4) is 0 Å². The number of benzene rings is 1. The number of hydrogen-bond acceptors (Lipinski definition) is 1. The quantitative estimate of drug-likeness (QED) is 0.787. The van der Waals surface area contributed by atoms with Crippen LogP contribution in [0.5, 0.6) is 0 Å². The summed E-state index contributed by atoms with van der Waals surface area (Å²) >= 11 is 0. The highest BCUT2D eigenvalue weighted by Crippen LogP contribution is 2.24. The van der Waals surface area contributed by atoms with Crippen LogP contribution in [0.4, 0.5) is 8.78 Å². The molecule has 1 unspecified atom stereocenters. The second-order valence-corrected chi connectivity index (χ2v) is 5.62. The van der Waals surface area contributed by atoms with E-state index in [-0.39, 0.29) is 11.6 Å². The van der Waals surface area contributed by atoms with Crippen LogP contribution in [0, 0.1) is 17.6 Å². The Bertz CT molecular complexity index is 377. The third-order valence-corrected chi connectivity index (χ3v) is 4.12. The van der Waals surface area contributed by atoms with Crippen molar-refractivity contribution in [3.63, 3.8) is 0 Å². The molecule has 3 heteroatoms. The van der Waals surface area contributed by atoms with Crippen molar-refractivity contribution in [3.05, 3.63) is 35.4 Å². The fourth-order valence-corrected chi connectivity index (χ4v) is 2.94. The van der Waals surface area contributed by atoms with E-state index in [2.05, 4.69) is 5.32 Å². The Morgan fingerprint density at radius 3 is 2.26 bits per heavy atom. The molecule has 1 fully saturated rings. The molecule has 1 aromatic rings. The Labute approximate surface area is 114 Å². The minimum absolute atomic E-state index is 0.163. The predicted octanol–water partition coefficient (Wildman–Crippen LogP) is 4.59. The highest BCUT2D eigenvalue weighted by Gasteiger charge is 2.18. The highest BCUT2D eigenvalue weighted by molar-refractivity contribution is 5.22. The first-order valence-electron chi connectivity index (χ1n) is 7.35. The van der Waals surface area contributed by atoms with Crippen LogP contribution in [0.1, 0.15) is 57.1 Å². The van der Waals surface area contributed by atoms with Gasteiger partial charge in [0.25, 0.3) is 0 Å². The van der Waals surface area contributed by atoms with E-state index >= 15 is 0 Å². The molecule has 1 nitrogen and oxygen atoms in total. The third kappa shape index (κ3) is 4.00. The molecule has 0 radical (unpaired) electrons. The average molecular weight is 267 g/mol. The summed E-state index contributed by atoms with van der Waals surface area (Å²) in [6.45, 7) is 2.69. The molecule has 2 rings (SSSR count). The molecule has 0 amide bonds. The van der Waals surface area contributed by atoms with Gasteiger partial charge in [0.05, 0.1) is 0 Å². The van der Waals surface area contributed by atoms with Crippen LogP contribution in [0.15, 0.2) is 18.2 Å². The van der Waals surface area contributed by atoms with Gasteiger partial charge >= 0.3 is 0 Å². The van der Waals surface area contributed by atoms with Crippen molar-refractivity contribution < 1.29 is 8.78 Å². The van der Waals surface area contributed by atoms with Crippen LogP contribution in [-0.4, -0.2) is 6.54 Å². The van der Waals surface area contributed by atoms with Gasteiger partial charge in [0.2, 0.25) is 0 Å². The van der Waals surface area contributed by atoms with Gasteiger partial charge in [0.1, 0.15) is 11.6 Å². The summed E-state index contributed by atoms with van der Waals surface area (Å²) in [6, 6.07) is 3.78. The summed E-state index contributed by atoms with van der Waals surface area (Å²) in [5.74, 6) is -0.262. The maximum atomic E-state index is 13.7. The molecule has 0 aliphatic heterocycles. The maximum Gasteiger partial charge on any atom is 0.130 e. The first-order valence-corrected chi connectivity index (χ1v) is 7.35. The van der Waals surface area contributed by atoms with Crippen molar-refractivity contribution in [1.82, 2.24) is 5.32 Å². The summed E-state index contributed by atoms with van der Waals surface area (Å²) in [4.78, 5) is 0. The zero-order valence-electron chi connectivity index (χ0n) is 11.6. The van der Waals surface area contributed by atoms with E-state index < -0.39 is 11.6 Å². The molecule has 1 aliphatic rings. The second-order valence-electron chi connectivity index (χ2n) is 5.62. The number of rotatable bonds is 4. The third-order valence-electron chi connectivity index (χ3n) is 4.12. The Hall–Kier alpha value is -0.960. The van der Waals surface area contributed by atoms with Crippen LogP contribution in [0.2, 0.25) is 0 Å². The fourth-order valence-electron chi connectivity index (χ4n) is 2.94. The lowest BCUT2D eigenvalue weighted by atomic mass is 9.99. The number of halogens is 2. The highest BCUT2D eigenvalue weighted by atomic mass is 19.1. The normalized spacial score (nSPS) is 19.1. The van der Waals surface area contributed by atoms with E-state index in [9.17, 15) is 8.78 Å². The average Bonchev–Trinajstić information content (AvgIpc) is 2.64. The van der Waals surface area contributed by atoms with E-state index in [4.69, 9.17) is 0 Å². The van der Waals surface area contributed by atoms with Gasteiger partial charge < -0.3 is 5.32 Å². The summed E-state index contributed by atoms with van der Waals surface area (Å²) in [6.07, 6.45) is 7.70. The van der Waals surface area contributed by atoms with Gasteiger partial charge in [-0.05, 0) is 44.4 Å². The van der Waals surface area contributed by atoms with E-state index in [1.807, 2.05) is 6.92 Å². The van der Waals surface area contributed by atoms with Gasteiger partial charge in [-0.2, -0.15) is 0 Å². The minimum atomic E-state index is -0.458. The molecule has 0 spiro atoms. The molecule has 1 aliphatic carbocycles. The monoisotopic (exact) mass is 267 g/mol. The lowest BCUT2D eigenvalue weighted by Gasteiger charge is -2.20. The van der Waals surface area contributed by atoms with Crippen molar-refractivity contribution >= 4 is 0 Å². The first kappa shape index (κ1) is 14.4. The Balaban J connectivity index is 1.91. The van der Waals surface area contributed by atoms with Gasteiger partial charge in [-0.3, -0.25) is 0 Å². The summed E-state index contributed by atoms with van der Waals surface area (Å²) in [7, 11) is 0. The van der Waals surface area contributed by atoms with Crippen LogP contribution < -0.4 is 5.32 Å². The molecule has 0 bridgehead atoms. The molecule has 1 aromatic carbocycles. The zero-order chi connectivity index (χ0) is 13.7. The van der Waals surface area contributed by atoms with E-state index in [0.717, 1.165) is 6.54 Å². The molecule has 0 aromatic heterocycles. The number of hydrogen-bond donors (Lipinski definition) is 1. The summed E-state index contributed by atoms with van der Waals surface area (Å²) < 4.78 is 27.3. The van der Waals surface area contributed by atoms with Crippen LogP contribution >= 0.6 is 0 Å². The first-order chi connectivity index (χ1) is 9.18. The SMILES string of the molecule is CC(NCC1CCCCCC1)c1c(F)cccc1F. The largest absolute Gasteiger partial charge is 0.310 e. The Kier molecular flexibility index (Phi) is 5.32. The van der Waals surface area contributed by atoms with Crippen molar-refractivity contribution in [3.8, 4) is 0 Å². The standard InChI is InChI=1S/C16H23F2N/c1-12(16-14(17)9-6-10-15(16)18)19-11-13-7-4-2-3-5-8-13/h6,9-10,12-13,19H,2-5,7-8,11H2,1H3. The zero-order valence-corrected chi connectivity index (χ0v) is 11.6. The fraction of sp³-hybridized carbons (Fsp3) is 0.625. The van der Waals surface area contributed by atoms with Crippen molar-refractivity contribution in [2.75, 3.05) is 6.54 Å². The molecule has 0 saturated heterocycles. The van der Waals surface area contributed by atoms with Gasteiger partial charge in [-0.15, -0.1) is 0 Å². The smallest absolute Gasteiger partial charge is 0.130 e.